The number of ether oxygens (including phenoxy) is 1. The molecule has 1 aromatic heterocycles. The Morgan fingerprint density at radius 1 is 0.911 bits per heavy atom. The minimum absolute atomic E-state index is 0.0135. The van der Waals surface area contributed by atoms with Crippen molar-refractivity contribution < 1.29 is 32.7 Å². The number of hydrogen-bond acceptors (Lipinski definition) is 6. The third-order valence-electron chi connectivity index (χ3n) is 7.62. The minimum Gasteiger partial charge on any atom is -0.491 e. The molecule has 2 heterocycles. The summed E-state index contributed by atoms with van der Waals surface area (Å²) in [4.78, 5) is 52.0. The number of hydrogen-bond donors (Lipinski definition) is 1. The molecule has 0 saturated carbocycles. The first-order chi connectivity index (χ1) is 21.7. The Balaban J connectivity index is 1.34. The lowest BCUT2D eigenvalue weighted by Gasteiger charge is -2.17. The molecule has 1 aliphatic rings. The lowest BCUT2D eigenvalue weighted by atomic mass is 9.98. The summed E-state index contributed by atoms with van der Waals surface area (Å²) in [6.45, 7) is 4.55. The molecule has 1 N–H and O–H groups in total. The molecule has 0 aliphatic carbocycles. The summed E-state index contributed by atoms with van der Waals surface area (Å²) >= 11 is 0. The van der Waals surface area contributed by atoms with Crippen LogP contribution in [0.3, 0.4) is 0 Å². The van der Waals surface area contributed by atoms with Crippen LogP contribution in [0.2, 0.25) is 0 Å². The molecule has 0 unspecified atom stereocenters. The average Bonchev–Trinajstić information content (AvgIpc) is 3.54. The van der Waals surface area contributed by atoms with Crippen molar-refractivity contribution in [2.75, 3.05) is 19.7 Å². The molecule has 0 atom stereocenters. The molecule has 0 saturated heterocycles. The standard InChI is InChI=1S/C36H29FN2O6/c1-21(2)19-38-34(41)24-10-13-31(44-16-15-39-35(42)26-5-3-4-6-27(26)36(39)43)28(18-24)23-9-14-32-29(17-23)30(20-40)33(45-32)22-7-11-25(37)12-8-22/h3-14,17-18,20-21H,15-16,19H2,1-2H3,(H,38,41). The quantitative estimate of drug-likeness (QED) is 0.139. The molecule has 0 fully saturated rings. The van der Waals surface area contributed by atoms with Crippen LogP contribution in [0.4, 0.5) is 4.39 Å². The van der Waals surface area contributed by atoms with E-state index in [1.165, 1.54) is 12.1 Å². The van der Waals surface area contributed by atoms with Crippen LogP contribution in [-0.2, 0) is 0 Å². The molecule has 0 bridgehead atoms. The first-order valence-electron chi connectivity index (χ1n) is 14.5. The van der Waals surface area contributed by atoms with Crippen molar-refractivity contribution in [2.24, 2.45) is 5.92 Å². The third-order valence-corrected chi connectivity index (χ3v) is 7.62. The number of nitrogens with zero attached hydrogens (tertiary/aromatic N) is 1. The minimum atomic E-state index is -0.405. The van der Waals surface area contributed by atoms with Gasteiger partial charge in [-0.2, -0.15) is 0 Å². The summed E-state index contributed by atoms with van der Waals surface area (Å²) in [6, 6.07) is 22.7. The molecule has 8 nitrogen and oxygen atoms in total. The molecule has 6 rings (SSSR count). The van der Waals surface area contributed by atoms with Crippen LogP contribution in [0.15, 0.2) is 89.3 Å². The van der Waals surface area contributed by atoms with E-state index in [1.54, 1.807) is 72.8 Å². The molecule has 1 aliphatic heterocycles. The SMILES string of the molecule is CC(C)CNC(=O)c1ccc(OCCN2C(=O)c3ccccc3C2=O)c(-c2ccc3oc(-c4ccc(F)cc4)c(C=O)c3c2)c1. The van der Waals surface area contributed by atoms with E-state index in [0.717, 1.165) is 4.90 Å². The Kier molecular flexibility index (Phi) is 8.00. The number of aldehydes is 1. The Hall–Kier alpha value is -5.57. The van der Waals surface area contributed by atoms with Gasteiger partial charge >= 0.3 is 0 Å². The predicted octanol–water partition coefficient (Wildman–Crippen LogP) is 6.78. The number of benzene rings is 4. The normalized spacial score (nSPS) is 12.6. The summed E-state index contributed by atoms with van der Waals surface area (Å²) < 4.78 is 25.7. The van der Waals surface area contributed by atoms with Crippen molar-refractivity contribution in [1.29, 1.82) is 0 Å². The molecule has 4 aromatic carbocycles. The monoisotopic (exact) mass is 604 g/mol. The molecule has 0 spiro atoms. The third kappa shape index (κ3) is 5.72. The Morgan fingerprint density at radius 3 is 2.27 bits per heavy atom. The average molecular weight is 605 g/mol. The van der Waals surface area contributed by atoms with Gasteiger partial charge in [-0.3, -0.25) is 24.1 Å². The van der Waals surface area contributed by atoms with Crippen molar-refractivity contribution in [3.8, 4) is 28.2 Å². The summed E-state index contributed by atoms with van der Waals surface area (Å²) in [5.41, 5.74) is 3.66. The van der Waals surface area contributed by atoms with Gasteiger partial charge in [0.05, 0.1) is 23.2 Å². The molecular formula is C36H29FN2O6. The maximum absolute atomic E-state index is 13.5. The van der Waals surface area contributed by atoms with E-state index < -0.39 is 5.82 Å². The number of rotatable bonds is 10. The zero-order valence-corrected chi connectivity index (χ0v) is 24.6. The zero-order valence-electron chi connectivity index (χ0n) is 24.6. The van der Waals surface area contributed by atoms with Crippen molar-refractivity contribution in [2.45, 2.75) is 13.8 Å². The number of halogens is 1. The van der Waals surface area contributed by atoms with Gasteiger partial charge in [-0.1, -0.05) is 32.0 Å². The number of carbonyl (C=O) groups excluding carboxylic acids is 4. The second-order valence-corrected chi connectivity index (χ2v) is 11.2. The van der Waals surface area contributed by atoms with E-state index in [9.17, 15) is 23.6 Å². The first kappa shape index (κ1) is 29.5. The second-order valence-electron chi connectivity index (χ2n) is 11.2. The van der Waals surface area contributed by atoms with Gasteiger partial charge in [0.25, 0.3) is 17.7 Å². The fourth-order valence-electron chi connectivity index (χ4n) is 5.33. The highest BCUT2D eigenvalue weighted by molar-refractivity contribution is 6.21. The summed E-state index contributed by atoms with van der Waals surface area (Å²) in [5, 5.41) is 3.45. The fraction of sp³-hybridized carbons (Fsp3) is 0.167. The smallest absolute Gasteiger partial charge is 0.261 e. The lowest BCUT2D eigenvalue weighted by molar-refractivity contribution is 0.0631. The molecule has 3 amide bonds. The summed E-state index contributed by atoms with van der Waals surface area (Å²) in [6.07, 6.45) is 0.698. The number of carbonyl (C=O) groups is 4. The van der Waals surface area contributed by atoms with Gasteiger partial charge in [0, 0.05) is 28.6 Å². The highest BCUT2D eigenvalue weighted by atomic mass is 19.1. The van der Waals surface area contributed by atoms with Gasteiger partial charge in [0.2, 0.25) is 0 Å². The Labute approximate surface area is 258 Å². The second kappa shape index (κ2) is 12.2. The molecule has 45 heavy (non-hydrogen) atoms. The zero-order chi connectivity index (χ0) is 31.7. The highest BCUT2D eigenvalue weighted by Crippen LogP contribution is 2.38. The molecule has 5 aromatic rings. The van der Waals surface area contributed by atoms with Crippen LogP contribution in [0.5, 0.6) is 5.75 Å². The van der Waals surface area contributed by atoms with Crippen LogP contribution < -0.4 is 10.1 Å². The van der Waals surface area contributed by atoms with Crippen molar-refractivity contribution >= 4 is 35.0 Å². The van der Waals surface area contributed by atoms with E-state index in [2.05, 4.69) is 5.32 Å². The molecule has 0 radical (unpaired) electrons. The summed E-state index contributed by atoms with van der Waals surface area (Å²) in [7, 11) is 0. The van der Waals surface area contributed by atoms with Gasteiger partial charge in [-0.25, -0.2) is 4.39 Å². The first-order valence-corrected chi connectivity index (χ1v) is 14.5. The summed E-state index contributed by atoms with van der Waals surface area (Å²) in [5.74, 6) is -0.408. The van der Waals surface area contributed by atoms with Crippen LogP contribution in [0.1, 0.15) is 55.3 Å². The maximum Gasteiger partial charge on any atom is 0.261 e. The topological polar surface area (TPSA) is 106 Å². The van der Waals surface area contributed by atoms with Crippen LogP contribution >= 0.6 is 0 Å². The Morgan fingerprint density at radius 2 is 1.60 bits per heavy atom. The number of imide groups is 1. The van der Waals surface area contributed by atoms with E-state index in [4.69, 9.17) is 9.15 Å². The van der Waals surface area contributed by atoms with Gasteiger partial charge in [-0.05, 0) is 78.2 Å². The maximum atomic E-state index is 13.5. The largest absolute Gasteiger partial charge is 0.491 e. The van der Waals surface area contributed by atoms with E-state index in [1.807, 2.05) is 13.8 Å². The molecular weight excluding hydrogens is 575 g/mol. The Bertz CT molecular complexity index is 1930. The molecule has 226 valence electrons. The van der Waals surface area contributed by atoms with E-state index in [0.29, 0.717) is 74.3 Å². The van der Waals surface area contributed by atoms with Gasteiger partial charge in [0.15, 0.2) is 6.29 Å². The lowest BCUT2D eigenvalue weighted by Crippen LogP contribution is -2.33. The highest BCUT2D eigenvalue weighted by Gasteiger charge is 2.34. The number of amides is 3. The fourth-order valence-corrected chi connectivity index (χ4v) is 5.33. The number of fused-ring (bicyclic) bond motifs is 2. The number of nitrogens with one attached hydrogen (secondary N) is 1. The molecule has 9 heteroatoms. The van der Waals surface area contributed by atoms with Crippen LogP contribution in [0, 0.1) is 11.7 Å². The predicted molar refractivity (Wildman–Crippen MR) is 167 cm³/mol. The number of furan rings is 1. The van der Waals surface area contributed by atoms with Gasteiger partial charge < -0.3 is 14.5 Å². The van der Waals surface area contributed by atoms with E-state index in [-0.39, 0.29) is 36.8 Å². The van der Waals surface area contributed by atoms with Crippen molar-refractivity contribution in [1.82, 2.24) is 10.2 Å². The van der Waals surface area contributed by atoms with Crippen molar-refractivity contribution in [3.63, 3.8) is 0 Å². The van der Waals surface area contributed by atoms with Crippen molar-refractivity contribution in [3.05, 3.63) is 113 Å². The van der Waals surface area contributed by atoms with Gasteiger partial charge in [0.1, 0.15) is 29.5 Å². The van der Waals surface area contributed by atoms with Crippen LogP contribution in [-0.4, -0.2) is 48.6 Å². The van der Waals surface area contributed by atoms with E-state index >= 15 is 0 Å². The van der Waals surface area contributed by atoms with Gasteiger partial charge in [-0.15, -0.1) is 0 Å². The van der Waals surface area contributed by atoms with Crippen LogP contribution in [0.25, 0.3) is 33.4 Å².